The van der Waals surface area contributed by atoms with E-state index in [9.17, 15) is 4.79 Å². The Kier molecular flexibility index (Phi) is 7.54. The molecule has 7 nitrogen and oxygen atoms in total. The van der Waals surface area contributed by atoms with Gasteiger partial charge in [0.2, 0.25) is 0 Å². The van der Waals surface area contributed by atoms with E-state index in [1.54, 1.807) is 12.1 Å². The molecule has 1 heterocycles. The number of carbonyl (C=O) groups excluding carboxylic acids is 1. The molecule has 0 aromatic heterocycles. The minimum absolute atomic E-state index is 0.0844. The topological polar surface area (TPSA) is 72.4 Å². The Morgan fingerprint density at radius 1 is 1.52 bits per heavy atom. The van der Waals surface area contributed by atoms with Crippen LogP contribution in [0.15, 0.2) is 17.2 Å². The minimum atomic E-state index is -0.190. The largest absolute Gasteiger partial charge is 0.493 e. The fourth-order valence-corrected chi connectivity index (χ4v) is 2.52. The van der Waals surface area contributed by atoms with Crippen LogP contribution in [0.25, 0.3) is 0 Å². The molecule has 0 unspecified atom stereocenters. The third-order valence-electron chi connectivity index (χ3n) is 3.43. The third-order valence-corrected chi connectivity index (χ3v) is 3.71. The second-order valence-corrected chi connectivity index (χ2v) is 5.62. The number of rotatable bonds is 7. The summed E-state index contributed by atoms with van der Waals surface area (Å²) in [6.07, 6.45) is 6.66. The van der Waals surface area contributed by atoms with Crippen LogP contribution >= 0.6 is 11.6 Å². The first-order chi connectivity index (χ1) is 12.1. The smallest absolute Gasteiger partial charge is 0.254 e. The number of hydrogen-bond acceptors (Lipinski definition) is 6. The molecule has 1 N–H and O–H groups in total. The van der Waals surface area contributed by atoms with E-state index in [4.69, 9.17) is 32.2 Å². The maximum Gasteiger partial charge on any atom is 0.254 e. The van der Waals surface area contributed by atoms with Gasteiger partial charge in [-0.2, -0.15) is 5.10 Å². The normalized spacial score (nSPS) is 14.9. The number of hydrazone groups is 1. The summed E-state index contributed by atoms with van der Waals surface area (Å²) in [7, 11) is 1.50. The zero-order chi connectivity index (χ0) is 18.1. The Balaban J connectivity index is 1.94. The number of ether oxygens (including phenoxy) is 3. The number of carbonyl (C=O) groups is 1. The molecule has 1 aromatic carbocycles. The Labute approximate surface area is 151 Å². The van der Waals surface area contributed by atoms with E-state index in [0.717, 1.165) is 13.1 Å². The SMILES string of the molecule is C#CCOc1c(Cl)cc(C=NNC(=O)CN2CCOCC2)cc1OC. The first-order valence-electron chi connectivity index (χ1n) is 7.70. The van der Waals surface area contributed by atoms with Crippen molar-refractivity contribution in [1.29, 1.82) is 0 Å². The Bertz CT molecular complexity index is 667. The number of benzene rings is 1. The second-order valence-electron chi connectivity index (χ2n) is 5.21. The summed E-state index contributed by atoms with van der Waals surface area (Å²) >= 11 is 6.18. The number of hydrogen-bond donors (Lipinski definition) is 1. The molecule has 134 valence electrons. The summed E-state index contributed by atoms with van der Waals surface area (Å²) in [5.74, 6) is 2.98. The third kappa shape index (κ3) is 5.94. The average molecular weight is 366 g/mol. The van der Waals surface area contributed by atoms with Gasteiger partial charge in [0.05, 0.1) is 38.1 Å². The lowest BCUT2D eigenvalue weighted by atomic mass is 10.2. The standard InChI is InChI=1S/C17H20ClN3O4/c1-3-6-25-17-14(18)9-13(10-15(17)23-2)11-19-20-16(22)12-21-4-7-24-8-5-21/h1,9-11H,4-8,12H2,2H3,(H,20,22). The number of morpholine rings is 1. The Morgan fingerprint density at radius 3 is 2.96 bits per heavy atom. The van der Waals surface area contributed by atoms with E-state index >= 15 is 0 Å². The van der Waals surface area contributed by atoms with Crippen molar-refractivity contribution in [3.63, 3.8) is 0 Å². The summed E-state index contributed by atoms with van der Waals surface area (Å²) in [6.45, 7) is 3.13. The maximum atomic E-state index is 11.9. The fourth-order valence-electron chi connectivity index (χ4n) is 2.24. The maximum absolute atomic E-state index is 11.9. The van der Waals surface area contributed by atoms with Crippen molar-refractivity contribution in [3.8, 4) is 23.8 Å². The summed E-state index contributed by atoms with van der Waals surface area (Å²) in [5.41, 5.74) is 3.14. The number of nitrogens with one attached hydrogen (secondary N) is 1. The molecule has 1 aliphatic rings. The molecule has 8 heteroatoms. The van der Waals surface area contributed by atoms with Gasteiger partial charge >= 0.3 is 0 Å². The molecule has 1 aliphatic heterocycles. The fraction of sp³-hybridized carbons (Fsp3) is 0.412. The summed E-state index contributed by atoms with van der Waals surface area (Å²) in [5, 5.41) is 4.29. The number of methoxy groups -OCH3 is 1. The Hall–Kier alpha value is -2.27. The summed E-state index contributed by atoms with van der Waals surface area (Å²) in [4.78, 5) is 13.9. The number of nitrogens with zero attached hydrogens (tertiary/aromatic N) is 2. The van der Waals surface area contributed by atoms with Crippen molar-refractivity contribution in [2.24, 2.45) is 5.10 Å². The van der Waals surface area contributed by atoms with Gasteiger partial charge in [-0.25, -0.2) is 5.43 Å². The van der Waals surface area contributed by atoms with E-state index in [0.29, 0.717) is 35.3 Å². The van der Waals surface area contributed by atoms with Crippen LogP contribution in [-0.4, -0.2) is 63.6 Å². The Morgan fingerprint density at radius 2 is 2.28 bits per heavy atom. The molecule has 1 saturated heterocycles. The van der Waals surface area contributed by atoms with Crippen molar-refractivity contribution in [2.45, 2.75) is 0 Å². The van der Waals surface area contributed by atoms with Crippen LogP contribution in [-0.2, 0) is 9.53 Å². The molecule has 1 aromatic rings. The van der Waals surface area contributed by atoms with E-state index in [1.165, 1.54) is 13.3 Å². The molecule has 0 bridgehead atoms. The quantitative estimate of drug-likeness (QED) is 0.446. The van der Waals surface area contributed by atoms with Crippen molar-refractivity contribution >= 4 is 23.7 Å². The van der Waals surface area contributed by atoms with E-state index < -0.39 is 0 Å². The van der Waals surface area contributed by atoms with Crippen molar-refractivity contribution < 1.29 is 19.0 Å². The van der Waals surface area contributed by atoms with Crippen molar-refractivity contribution in [3.05, 3.63) is 22.7 Å². The highest BCUT2D eigenvalue weighted by Crippen LogP contribution is 2.35. The van der Waals surface area contributed by atoms with E-state index in [1.807, 2.05) is 4.90 Å². The number of terminal acetylenes is 1. The minimum Gasteiger partial charge on any atom is -0.493 e. The lowest BCUT2D eigenvalue weighted by Gasteiger charge is -2.25. The molecule has 0 spiro atoms. The highest BCUT2D eigenvalue weighted by atomic mass is 35.5. The predicted molar refractivity (Wildman–Crippen MR) is 95.3 cm³/mol. The molecule has 0 radical (unpaired) electrons. The summed E-state index contributed by atoms with van der Waals surface area (Å²) < 4.78 is 15.9. The zero-order valence-corrected chi connectivity index (χ0v) is 14.7. The number of amides is 1. The van der Waals surface area contributed by atoms with Gasteiger partial charge in [0.15, 0.2) is 11.5 Å². The summed E-state index contributed by atoms with van der Waals surface area (Å²) in [6, 6.07) is 3.34. The van der Waals surface area contributed by atoms with Gasteiger partial charge < -0.3 is 14.2 Å². The first-order valence-corrected chi connectivity index (χ1v) is 8.07. The van der Waals surface area contributed by atoms with Crippen molar-refractivity contribution in [1.82, 2.24) is 10.3 Å². The molecule has 0 saturated carbocycles. The predicted octanol–water partition coefficient (Wildman–Crippen LogP) is 1.14. The molecular weight excluding hydrogens is 346 g/mol. The van der Waals surface area contributed by atoms with Gasteiger partial charge in [-0.3, -0.25) is 9.69 Å². The second kappa shape index (κ2) is 9.89. The van der Waals surface area contributed by atoms with E-state index in [-0.39, 0.29) is 19.1 Å². The molecule has 1 fully saturated rings. The highest BCUT2D eigenvalue weighted by Gasteiger charge is 2.14. The molecule has 0 aliphatic carbocycles. The molecule has 1 amide bonds. The molecular formula is C17H20ClN3O4. The van der Waals surface area contributed by atoms with Gasteiger partial charge in [0, 0.05) is 13.1 Å². The molecule has 2 rings (SSSR count). The van der Waals surface area contributed by atoms with Gasteiger partial charge in [-0.1, -0.05) is 17.5 Å². The van der Waals surface area contributed by atoms with Gasteiger partial charge in [0.25, 0.3) is 5.91 Å². The lowest BCUT2D eigenvalue weighted by molar-refractivity contribution is -0.123. The van der Waals surface area contributed by atoms with Crippen LogP contribution < -0.4 is 14.9 Å². The monoisotopic (exact) mass is 365 g/mol. The van der Waals surface area contributed by atoms with Gasteiger partial charge in [-0.05, 0) is 17.7 Å². The van der Waals surface area contributed by atoms with Crippen LogP contribution in [0, 0.1) is 12.3 Å². The van der Waals surface area contributed by atoms with Crippen LogP contribution in [0.1, 0.15) is 5.56 Å². The number of halogens is 1. The first kappa shape index (κ1) is 19.1. The molecule has 25 heavy (non-hydrogen) atoms. The van der Waals surface area contributed by atoms with Crippen molar-refractivity contribution in [2.75, 3.05) is 46.6 Å². The van der Waals surface area contributed by atoms with Crippen LogP contribution in [0.2, 0.25) is 5.02 Å². The van der Waals surface area contributed by atoms with Gasteiger partial charge in [0.1, 0.15) is 6.61 Å². The van der Waals surface area contributed by atoms with Crippen LogP contribution in [0.4, 0.5) is 0 Å². The van der Waals surface area contributed by atoms with Crippen LogP contribution in [0.5, 0.6) is 11.5 Å². The molecule has 0 atom stereocenters. The highest BCUT2D eigenvalue weighted by molar-refractivity contribution is 6.32. The van der Waals surface area contributed by atoms with Gasteiger partial charge in [-0.15, -0.1) is 6.42 Å². The van der Waals surface area contributed by atoms with E-state index in [2.05, 4.69) is 16.4 Å². The average Bonchev–Trinajstić information content (AvgIpc) is 2.61. The lowest BCUT2D eigenvalue weighted by Crippen LogP contribution is -2.42. The van der Waals surface area contributed by atoms with Crippen LogP contribution in [0.3, 0.4) is 0 Å². The zero-order valence-electron chi connectivity index (χ0n) is 14.0.